The van der Waals surface area contributed by atoms with E-state index in [9.17, 15) is 5.11 Å². The van der Waals surface area contributed by atoms with Crippen molar-refractivity contribution in [1.29, 1.82) is 0 Å². The first kappa shape index (κ1) is 16.1. The van der Waals surface area contributed by atoms with E-state index >= 15 is 0 Å². The van der Waals surface area contributed by atoms with Crippen molar-refractivity contribution in [1.82, 2.24) is 0 Å². The maximum atomic E-state index is 11.0. The molecule has 3 aromatic carbocycles. The number of aliphatic hydroxyl groups is 1. The Balaban J connectivity index is 1.82. The van der Waals surface area contributed by atoms with Gasteiger partial charge in [-0.25, -0.2) is 0 Å². The van der Waals surface area contributed by atoms with E-state index in [-0.39, 0.29) is 6.79 Å². The van der Waals surface area contributed by atoms with Crippen LogP contribution in [0.15, 0.2) is 36.4 Å². The summed E-state index contributed by atoms with van der Waals surface area (Å²) in [7, 11) is 5.08. The van der Waals surface area contributed by atoms with E-state index in [0.717, 1.165) is 44.6 Å². The van der Waals surface area contributed by atoms with Gasteiger partial charge in [0.25, 0.3) is 0 Å². The molecule has 0 bridgehead atoms. The lowest BCUT2D eigenvalue weighted by Gasteiger charge is -2.36. The van der Waals surface area contributed by atoms with Crippen molar-refractivity contribution < 1.29 is 24.1 Å². The van der Waals surface area contributed by atoms with Crippen LogP contribution in [0.4, 0.5) is 5.69 Å². The Morgan fingerprint density at radius 1 is 0.963 bits per heavy atom. The van der Waals surface area contributed by atoms with Crippen LogP contribution < -0.4 is 23.8 Å². The number of nitrogens with zero attached hydrogens (tertiary/aromatic N) is 1. The third-order valence-corrected chi connectivity index (χ3v) is 5.33. The second-order valence-electron chi connectivity index (χ2n) is 6.67. The summed E-state index contributed by atoms with van der Waals surface area (Å²) in [6.45, 7) is 0.228. The van der Waals surface area contributed by atoms with Crippen LogP contribution in [-0.2, 0) is 0 Å². The van der Waals surface area contributed by atoms with Gasteiger partial charge in [0, 0.05) is 23.6 Å². The van der Waals surface area contributed by atoms with Crippen LogP contribution in [0.2, 0.25) is 0 Å². The summed E-state index contributed by atoms with van der Waals surface area (Å²) in [5, 5.41) is 13.0. The first-order valence-electron chi connectivity index (χ1n) is 8.66. The SMILES string of the molecule is COc1cc2c(cc1OC)C(O)N(C)c1c-2ccc2cc3c(cc12)OCO3. The number of ether oxygens (including phenoxy) is 4. The van der Waals surface area contributed by atoms with E-state index in [4.69, 9.17) is 18.9 Å². The molecular formula is C21H19NO5. The van der Waals surface area contributed by atoms with Crippen LogP contribution in [0.25, 0.3) is 21.9 Å². The molecule has 0 aromatic heterocycles. The average molecular weight is 365 g/mol. The first-order chi connectivity index (χ1) is 13.1. The monoisotopic (exact) mass is 365 g/mol. The molecule has 3 aromatic rings. The molecule has 0 spiro atoms. The lowest BCUT2D eigenvalue weighted by molar-refractivity contribution is 0.174. The van der Waals surface area contributed by atoms with Gasteiger partial charge in [0.15, 0.2) is 29.2 Å². The molecule has 2 heterocycles. The van der Waals surface area contributed by atoms with Gasteiger partial charge in [-0.3, -0.25) is 0 Å². The molecule has 0 amide bonds. The van der Waals surface area contributed by atoms with E-state index in [2.05, 4.69) is 12.1 Å². The minimum Gasteiger partial charge on any atom is -0.493 e. The number of rotatable bonds is 2. The molecule has 2 aliphatic heterocycles. The van der Waals surface area contributed by atoms with Crippen LogP contribution in [-0.4, -0.2) is 33.2 Å². The Kier molecular flexibility index (Phi) is 3.39. The third-order valence-electron chi connectivity index (χ3n) is 5.33. The first-order valence-corrected chi connectivity index (χ1v) is 8.66. The summed E-state index contributed by atoms with van der Waals surface area (Å²) >= 11 is 0. The molecule has 1 atom stereocenters. The quantitative estimate of drug-likeness (QED) is 0.747. The zero-order valence-corrected chi connectivity index (χ0v) is 15.3. The number of anilines is 1. The minimum atomic E-state index is -0.802. The number of methoxy groups -OCH3 is 2. The molecule has 1 N–H and O–H groups in total. The Bertz CT molecular complexity index is 1080. The average Bonchev–Trinajstić information content (AvgIpc) is 3.15. The van der Waals surface area contributed by atoms with E-state index in [1.165, 1.54) is 0 Å². The molecule has 0 fully saturated rings. The van der Waals surface area contributed by atoms with Gasteiger partial charge in [0.1, 0.15) is 0 Å². The lowest BCUT2D eigenvalue weighted by atomic mass is 9.89. The van der Waals surface area contributed by atoms with Crippen LogP contribution in [0.3, 0.4) is 0 Å². The summed E-state index contributed by atoms with van der Waals surface area (Å²) in [5.74, 6) is 2.69. The van der Waals surface area contributed by atoms with Crippen LogP contribution >= 0.6 is 0 Å². The molecule has 6 heteroatoms. The van der Waals surface area contributed by atoms with Crippen molar-refractivity contribution >= 4 is 16.5 Å². The number of hydrogen-bond acceptors (Lipinski definition) is 6. The largest absolute Gasteiger partial charge is 0.493 e. The number of aliphatic hydroxyl groups excluding tert-OH is 1. The number of hydrogen-bond donors (Lipinski definition) is 1. The van der Waals surface area contributed by atoms with Gasteiger partial charge in [-0.1, -0.05) is 12.1 Å². The Morgan fingerprint density at radius 3 is 2.41 bits per heavy atom. The van der Waals surface area contributed by atoms with E-state index < -0.39 is 6.23 Å². The van der Waals surface area contributed by atoms with Gasteiger partial charge >= 0.3 is 0 Å². The summed E-state index contributed by atoms with van der Waals surface area (Å²) in [5.41, 5.74) is 3.67. The zero-order valence-electron chi connectivity index (χ0n) is 15.3. The topological polar surface area (TPSA) is 60.4 Å². The van der Waals surface area contributed by atoms with Crippen molar-refractivity contribution in [2.24, 2.45) is 0 Å². The highest BCUT2D eigenvalue weighted by molar-refractivity contribution is 6.05. The van der Waals surface area contributed by atoms with E-state index in [1.54, 1.807) is 14.2 Å². The molecule has 27 heavy (non-hydrogen) atoms. The smallest absolute Gasteiger partial charge is 0.231 e. The summed E-state index contributed by atoms with van der Waals surface area (Å²) in [4.78, 5) is 1.87. The maximum absolute atomic E-state index is 11.0. The summed E-state index contributed by atoms with van der Waals surface area (Å²) in [6, 6.07) is 11.8. The fourth-order valence-corrected chi connectivity index (χ4v) is 3.97. The van der Waals surface area contributed by atoms with Gasteiger partial charge < -0.3 is 29.0 Å². The van der Waals surface area contributed by atoms with E-state index in [1.807, 2.05) is 36.2 Å². The van der Waals surface area contributed by atoms with Crippen LogP contribution in [0, 0.1) is 0 Å². The highest BCUT2D eigenvalue weighted by Crippen LogP contribution is 2.51. The second-order valence-corrected chi connectivity index (χ2v) is 6.67. The fraction of sp³-hybridized carbons (Fsp3) is 0.238. The molecule has 6 nitrogen and oxygen atoms in total. The predicted molar refractivity (Wildman–Crippen MR) is 102 cm³/mol. The molecule has 2 aliphatic rings. The van der Waals surface area contributed by atoms with Gasteiger partial charge in [-0.2, -0.15) is 0 Å². The number of benzene rings is 3. The molecule has 5 rings (SSSR count). The van der Waals surface area contributed by atoms with Crippen LogP contribution in [0.5, 0.6) is 23.0 Å². The van der Waals surface area contributed by atoms with Gasteiger partial charge in [0.05, 0.1) is 19.9 Å². The molecule has 0 saturated heterocycles. The molecule has 138 valence electrons. The van der Waals surface area contributed by atoms with Crippen molar-refractivity contribution in [2.75, 3.05) is 33.0 Å². The van der Waals surface area contributed by atoms with Crippen molar-refractivity contribution in [2.45, 2.75) is 6.23 Å². The Hall–Kier alpha value is -3.12. The second kappa shape index (κ2) is 5.69. The Morgan fingerprint density at radius 2 is 1.67 bits per heavy atom. The van der Waals surface area contributed by atoms with Crippen molar-refractivity contribution in [3.8, 4) is 34.1 Å². The van der Waals surface area contributed by atoms with Gasteiger partial charge in [-0.15, -0.1) is 0 Å². The van der Waals surface area contributed by atoms with Gasteiger partial charge in [0.2, 0.25) is 6.79 Å². The molecule has 0 aliphatic carbocycles. The van der Waals surface area contributed by atoms with Gasteiger partial charge in [-0.05, 0) is 35.2 Å². The minimum absolute atomic E-state index is 0.228. The van der Waals surface area contributed by atoms with Crippen molar-refractivity contribution in [3.05, 3.63) is 42.0 Å². The van der Waals surface area contributed by atoms with Crippen molar-refractivity contribution in [3.63, 3.8) is 0 Å². The Labute approximate surface area is 156 Å². The fourth-order valence-electron chi connectivity index (χ4n) is 3.97. The number of fused-ring (bicyclic) bond motifs is 6. The molecule has 0 saturated carbocycles. The molecule has 0 radical (unpaired) electrons. The maximum Gasteiger partial charge on any atom is 0.231 e. The summed E-state index contributed by atoms with van der Waals surface area (Å²) in [6.07, 6.45) is -0.802. The van der Waals surface area contributed by atoms with Crippen LogP contribution in [0.1, 0.15) is 11.8 Å². The molecular weight excluding hydrogens is 346 g/mol. The normalized spacial score (nSPS) is 16.9. The summed E-state index contributed by atoms with van der Waals surface area (Å²) < 4.78 is 21.9. The lowest BCUT2D eigenvalue weighted by Crippen LogP contribution is -2.28. The highest BCUT2D eigenvalue weighted by atomic mass is 16.7. The highest BCUT2D eigenvalue weighted by Gasteiger charge is 2.31. The zero-order chi connectivity index (χ0) is 18.7. The van der Waals surface area contributed by atoms with E-state index in [0.29, 0.717) is 11.5 Å². The predicted octanol–water partition coefficient (Wildman–Crippen LogP) is 3.69. The third kappa shape index (κ3) is 2.16. The molecule has 1 unspecified atom stereocenters. The standard InChI is InChI=1S/C21H19NO5/c1-22-20-12(5-4-11-6-18-19(7-13(11)20)27-10-26-18)14-8-16(24-2)17(25-3)9-15(14)21(22)23/h4-9,21,23H,10H2,1-3H3.